The van der Waals surface area contributed by atoms with Crippen LogP contribution in [0.5, 0.6) is 5.75 Å². The van der Waals surface area contributed by atoms with Gasteiger partial charge in [-0.25, -0.2) is 0 Å². The van der Waals surface area contributed by atoms with Crippen molar-refractivity contribution in [3.63, 3.8) is 0 Å². The molecule has 2 heterocycles. The molecule has 6 unspecified atom stereocenters. The molecule has 4 rings (SSSR count). The fourth-order valence-electron chi connectivity index (χ4n) is 6.97. The van der Waals surface area contributed by atoms with Crippen LogP contribution in [0.25, 0.3) is 0 Å². The number of aromatic hydroxyl groups is 1. The van der Waals surface area contributed by atoms with Gasteiger partial charge in [0.15, 0.2) is 5.78 Å². The van der Waals surface area contributed by atoms with Crippen LogP contribution in [-0.2, 0) is 32.0 Å². The quantitative estimate of drug-likeness (QED) is 0.155. The predicted octanol–water partition coefficient (Wildman–Crippen LogP) is 3.38. The molecule has 2 bridgehead atoms. The highest BCUT2D eigenvalue weighted by molar-refractivity contribution is 5.95. The highest BCUT2D eigenvalue weighted by Gasteiger charge is 2.46. The highest BCUT2D eigenvalue weighted by atomic mass is 16.3. The number of amides is 3. The molecule has 2 aromatic rings. The van der Waals surface area contributed by atoms with E-state index in [1.54, 1.807) is 12.1 Å². The summed E-state index contributed by atoms with van der Waals surface area (Å²) in [6, 6.07) is 13.9. The monoisotopic (exact) mass is 647 g/mol. The molecule has 2 aromatic carbocycles. The predicted molar refractivity (Wildman–Crippen MR) is 182 cm³/mol. The van der Waals surface area contributed by atoms with Crippen LogP contribution in [0.1, 0.15) is 82.8 Å². The van der Waals surface area contributed by atoms with Crippen molar-refractivity contribution >= 4 is 23.5 Å². The molecule has 7 N–H and O–H groups in total. The minimum absolute atomic E-state index is 0.0252. The van der Waals surface area contributed by atoms with E-state index in [9.17, 15) is 24.3 Å². The molecule has 47 heavy (non-hydrogen) atoms. The molecule has 0 spiro atoms. The van der Waals surface area contributed by atoms with Crippen molar-refractivity contribution in [3.8, 4) is 5.75 Å². The number of nitrogens with two attached hydrogens (primary N) is 2. The molecule has 10 heteroatoms. The minimum atomic E-state index is -0.915. The van der Waals surface area contributed by atoms with E-state index in [4.69, 9.17) is 11.5 Å². The van der Waals surface area contributed by atoms with Gasteiger partial charge in [0.05, 0.1) is 12.1 Å². The maximum atomic E-state index is 14.0. The number of piperidine rings is 1. The lowest BCUT2D eigenvalue weighted by molar-refractivity contribution is -0.153. The van der Waals surface area contributed by atoms with Crippen LogP contribution in [0.2, 0.25) is 0 Å². The number of carbonyl (C=O) groups excluding carboxylic acids is 4. The maximum absolute atomic E-state index is 14.0. The molecule has 3 amide bonds. The van der Waals surface area contributed by atoms with E-state index in [1.807, 2.05) is 49.1 Å². The lowest BCUT2D eigenvalue weighted by Crippen LogP contribution is -2.65. The SMILES string of the molecule is CC(C)CC(CC(=O)C(Cc1ccccc1)NC(=O)C(N)Cc1ccc(O)cc1)C(=O)NC(CCCCN)C(=O)N1C2CCCC1C2. The second kappa shape index (κ2) is 17.4. The van der Waals surface area contributed by atoms with Crippen molar-refractivity contribution < 1.29 is 24.3 Å². The van der Waals surface area contributed by atoms with Gasteiger partial charge in [0, 0.05) is 24.4 Å². The zero-order valence-electron chi connectivity index (χ0n) is 27.9. The summed E-state index contributed by atoms with van der Waals surface area (Å²) >= 11 is 0. The molecular weight excluding hydrogens is 594 g/mol. The third-order valence-corrected chi connectivity index (χ3v) is 9.51. The fourth-order valence-corrected chi connectivity index (χ4v) is 6.97. The van der Waals surface area contributed by atoms with E-state index in [2.05, 4.69) is 10.6 Å². The van der Waals surface area contributed by atoms with Crippen LogP contribution < -0.4 is 22.1 Å². The molecule has 0 aliphatic carbocycles. The van der Waals surface area contributed by atoms with Gasteiger partial charge in [-0.2, -0.15) is 0 Å². The number of Topliss-reactive ketones (excluding diaryl/α,β-unsaturated/α-hetero) is 1. The Hall–Kier alpha value is -3.76. The molecule has 10 nitrogen and oxygen atoms in total. The summed E-state index contributed by atoms with van der Waals surface area (Å²) in [6.45, 7) is 4.52. The van der Waals surface area contributed by atoms with Gasteiger partial charge >= 0.3 is 0 Å². The highest BCUT2D eigenvalue weighted by Crippen LogP contribution is 2.38. The Morgan fingerprint density at radius 1 is 0.872 bits per heavy atom. The topological polar surface area (TPSA) is 168 Å². The number of carbonyl (C=O) groups is 4. The second-order valence-electron chi connectivity index (χ2n) is 13.8. The largest absolute Gasteiger partial charge is 0.508 e. The first-order valence-electron chi connectivity index (χ1n) is 17.3. The zero-order chi connectivity index (χ0) is 33.9. The summed E-state index contributed by atoms with van der Waals surface area (Å²) in [6.07, 6.45) is 7.03. The first-order chi connectivity index (χ1) is 22.5. The number of phenols is 1. The number of fused-ring (bicyclic) bond motifs is 2. The van der Waals surface area contributed by atoms with Gasteiger partial charge in [-0.1, -0.05) is 56.3 Å². The first kappa shape index (κ1) is 36.1. The smallest absolute Gasteiger partial charge is 0.245 e. The summed E-state index contributed by atoms with van der Waals surface area (Å²) < 4.78 is 0. The molecular formula is C37H53N5O5. The van der Waals surface area contributed by atoms with E-state index in [0.717, 1.165) is 49.7 Å². The number of ketones is 1. The van der Waals surface area contributed by atoms with Crippen LogP contribution in [0.4, 0.5) is 0 Å². The van der Waals surface area contributed by atoms with Crippen LogP contribution in [0, 0.1) is 11.8 Å². The minimum Gasteiger partial charge on any atom is -0.508 e. The third kappa shape index (κ3) is 10.4. The normalized spacial score (nSPS) is 19.6. The van der Waals surface area contributed by atoms with Gasteiger partial charge in [0.1, 0.15) is 11.8 Å². The number of nitrogens with one attached hydrogen (secondary N) is 2. The Balaban J connectivity index is 1.47. The van der Waals surface area contributed by atoms with Crippen LogP contribution in [0.15, 0.2) is 54.6 Å². The maximum Gasteiger partial charge on any atom is 0.245 e. The van der Waals surface area contributed by atoms with Gasteiger partial charge in [-0.3, -0.25) is 19.2 Å². The average molecular weight is 648 g/mol. The van der Waals surface area contributed by atoms with Crippen LogP contribution in [0.3, 0.4) is 0 Å². The molecule has 2 saturated heterocycles. The fraction of sp³-hybridized carbons (Fsp3) is 0.568. The number of hydrogen-bond acceptors (Lipinski definition) is 7. The number of rotatable bonds is 18. The number of unbranched alkanes of at least 4 members (excludes halogenated alkanes) is 1. The third-order valence-electron chi connectivity index (χ3n) is 9.51. The van der Waals surface area contributed by atoms with E-state index in [0.29, 0.717) is 19.4 Å². The summed E-state index contributed by atoms with van der Waals surface area (Å²) in [5.41, 5.74) is 13.6. The summed E-state index contributed by atoms with van der Waals surface area (Å²) in [7, 11) is 0. The van der Waals surface area contributed by atoms with Crippen LogP contribution >= 0.6 is 0 Å². The number of benzene rings is 2. The Labute approximate surface area is 279 Å². The summed E-state index contributed by atoms with van der Waals surface area (Å²) in [5.74, 6) is -1.48. The molecule has 256 valence electrons. The van der Waals surface area contributed by atoms with Gasteiger partial charge in [-0.15, -0.1) is 0 Å². The molecule has 2 aliphatic rings. The number of nitrogens with zero attached hydrogens (tertiary/aromatic N) is 1. The van der Waals surface area contributed by atoms with E-state index in [1.165, 1.54) is 12.1 Å². The summed E-state index contributed by atoms with van der Waals surface area (Å²) in [4.78, 5) is 56.8. The molecule has 0 radical (unpaired) electrons. The Morgan fingerprint density at radius 2 is 1.51 bits per heavy atom. The molecule has 2 aliphatic heterocycles. The van der Waals surface area contributed by atoms with E-state index >= 15 is 0 Å². The zero-order valence-corrected chi connectivity index (χ0v) is 27.9. The average Bonchev–Trinajstić information content (AvgIpc) is 3.05. The first-order valence-corrected chi connectivity index (χ1v) is 17.3. The summed E-state index contributed by atoms with van der Waals surface area (Å²) in [5, 5.41) is 15.5. The van der Waals surface area contributed by atoms with E-state index in [-0.39, 0.29) is 60.6 Å². The van der Waals surface area contributed by atoms with Crippen molar-refractivity contribution in [1.82, 2.24) is 15.5 Å². The van der Waals surface area contributed by atoms with Crippen LogP contribution in [-0.4, -0.2) is 70.3 Å². The molecule has 6 atom stereocenters. The van der Waals surface area contributed by atoms with Crippen molar-refractivity contribution in [3.05, 3.63) is 65.7 Å². The molecule has 0 saturated carbocycles. The van der Waals surface area contributed by atoms with Gasteiger partial charge in [0.25, 0.3) is 0 Å². The van der Waals surface area contributed by atoms with Crippen molar-refractivity contribution in [2.24, 2.45) is 23.3 Å². The Bertz CT molecular complexity index is 1320. The molecule has 2 fully saturated rings. The van der Waals surface area contributed by atoms with Gasteiger partial charge < -0.3 is 32.1 Å². The van der Waals surface area contributed by atoms with Crippen molar-refractivity contribution in [2.75, 3.05) is 6.54 Å². The van der Waals surface area contributed by atoms with Crippen molar-refractivity contribution in [2.45, 2.75) is 115 Å². The Morgan fingerprint density at radius 3 is 2.13 bits per heavy atom. The van der Waals surface area contributed by atoms with Crippen molar-refractivity contribution in [1.29, 1.82) is 0 Å². The second-order valence-corrected chi connectivity index (χ2v) is 13.8. The standard InChI is InChI=1S/C37H53N5O5/c1-24(2)19-27(35(45)40-32(13-6-7-18-38)37(47)42-28-11-8-12-29(42)23-28)22-34(44)33(21-25-9-4-3-5-10-25)41-36(46)31(39)20-26-14-16-30(43)17-15-26/h3-5,9-10,14-17,24,27-29,31-33,43H,6-8,11-13,18-23,38-39H2,1-2H3,(H,40,45)(H,41,46). The van der Waals surface area contributed by atoms with Gasteiger partial charge in [-0.05, 0) is 99.9 Å². The van der Waals surface area contributed by atoms with E-state index < -0.39 is 30.0 Å². The number of hydrogen-bond donors (Lipinski definition) is 5. The lowest BCUT2D eigenvalue weighted by Gasteiger charge is -2.54. The Kier molecular flexibility index (Phi) is 13.4. The number of phenolic OH excluding ortho intramolecular Hbond substituents is 1. The lowest BCUT2D eigenvalue weighted by atomic mass is 9.79. The van der Waals surface area contributed by atoms with Gasteiger partial charge in [0.2, 0.25) is 17.7 Å². The molecule has 0 aromatic heterocycles.